The Hall–Kier alpha value is -1.88. The van der Waals surface area contributed by atoms with Crippen molar-refractivity contribution in [1.29, 1.82) is 0 Å². The molecule has 0 unspecified atom stereocenters. The minimum Gasteiger partial charge on any atom is -0.469 e. The molecular weight excluding hydrogens is 316 g/mol. The van der Waals surface area contributed by atoms with Gasteiger partial charge in [-0.1, -0.05) is 30.3 Å². The van der Waals surface area contributed by atoms with Crippen LogP contribution in [0.5, 0.6) is 0 Å². The lowest BCUT2D eigenvalue weighted by atomic mass is 10.0. The van der Waals surface area contributed by atoms with Crippen LogP contribution in [0.2, 0.25) is 0 Å². The molecule has 25 heavy (non-hydrogen) atoms. The molecule has 1 aromatic rings. The SMILES string of the molecule is COC(=O)CCN(C(=O)C1CC1)C1CCN(Cc2ccccc2)CC1. The van der Waals surface area contributed by atoms with Crippen LogP contribution >= 0.6 is 0 Å². The molecule has 2 fully saturated rings. The fourth-order valence-corrected chi connectivity index (χ4v) is 3.58. The van der Waals surface area contributed by atoms with Crippen molar-refractivity contribution in [1.82, 2.24) is 9.80 Å². The Morgan fingerprint density at radius 2 is 1.80 bits per heavy atom. The van der Waals surface area contributed by atoms with Crippen LogP contribution in [0, 0.1) is 5.92 Å². The predicted octanol–water partition coefficient (Wildman–Crippen LogP) is 2.45. The number of carbonyl (C=O) groups excluding carboxylic acids is 2. The second-order valence-electron chi connectivity index (χ2n) is 7.12. The van der Waals surface area contributed by atoms with Crippen LogP contribution in [-0.4, -0.2) is 54.5 Å². The van der Waals surface area contributed by atoms with Crippen molar-refractivity contribution in [2.24, 2.45) is 5.92 Å². The van der Waals surface area contributed by atoms with Crippen LogP contribution in [0.1, 0.15) is 37.7 Å². The number of rotatable bonds is 7. The summed E-state index contributed by atoms with van der Waals surface area (Å²) in [6, 6.07) is 10.8. The number of ether oxygens (including phenoxy) is 1. The fraction of sp³-hybridized carbons (Fsp3) is 0.600. The van der Waals surface area contributed by atoms with E-state index in [0.29, 0.717) is 13.0 Å². The van der Waals surface area contributed by atoms with E-state index in [0.717, 1.165) is 45.3 Å². The number of piperidine rings is 1. The van der Waals surface area contributed by atoms with E-state index >= 15 is 0 Å². The molecule has 3 rings (SSSR count). The van der Waals surface area contributed by atoms with E-state index in [9.17, 15) is 9.59 Å². The van der Waals surface area contributed by atoms with E-state index < -0.39 is 0 Å². The Kier molecular flexibility index (Phi) is 6.08. The zero-order chi connectivity index (χ0) is 17.6. The summed E-state index contributed by atoms with van der Waals surface area (Å²) in [6.07, 6.45) is 4.25. The van der Waals surface area contributed by atoms with Gasteiger partial charge in [-0.3, -0.25) is 14.5 Å². The van der Waals surface area contributed by atoms with Gasteiger partial charge in [-0.15, -0.1) is 0 Å². The summed E-state index contributed by atoms with van der Waals surface area (Å²) < 4.78 is 4.74. The molecule has 2 aliphatic rings. The summed E-state index contributed by atoms with van der Waals surface area (Å²) in [5, 5.41) is 0. The lowest BCUT2D eigenvalue weighted by molar-refractivity contribution is -0.143. The first-order chi connectivity index (χ1) is 12.2. The van der Waals surface area contributed by atoms with E-state index in [1.165, 1.54) is 12.7 Å². The van der Waals surface area contributed by atoms with Crippen LogP contribution in [0.25, 0.3) is 0 Å². The van der Waals surface area contributed by atoms with Crippen LogP contribution in [0.4, 0.5) is 0 Å². The topological polar surface area (TPSA) is 49.9 Å². The standard InChI is InChI=1S/C20H28N2O3/c1-25-19(23)11-14-22(20(24)17-7-8-17)18-9-12-21(13-10-18)15-16-5-3-2-4-6-16/h2-6,17-18H,7-15H2,1H3. The summed E-state index contributed by atoms with van der Waals surface area (Å²) in [4.78, 5) is 28.5. The van der Waals surface area contributed by atoms with Crippen molar-refractivity contribution in [2.75, 3.05) is 26.7 Å². The van der Waals surface area contributed by atoms with Gasteiger partial charge >= 0.3 is 5.97 Å². The Morgan fingerprint density at radius 3 is 2.40 bits per heavy atom. The maximum atomic E-state index is 12.6. The van der Waals surface area contributed by atoms with Crippen LogP contribution < -0.4 is 0 Å². The zero-order valence-electron chi connectivity index (χ0n) is 15.0. The van der Waals surface area contributed by atoms with Gasteiger partial charge in [0.25, 0.3) is 0 Å². The van der Waals surface area contributed by atoms with Crippen molar-refractivity contribution < 1.29 is 14.3 Å². The van der Waals surface area contributed by atoms with Gasteiger partial charge in [-0.2, -0.15) is 0 Å². The van der Waals surface area contributed by atoms with E-state index in [2.05, 4.69) is 29.2 Å². The van der Waals surface area contributed by atoms with E-state index in [1.54, 1.807) is 0 Å². The second kappa shape index (κ2) is 8.48. The van der Waals surface area contributed by atoms with Gasteiger partial charge in [0, 0.05) is 38.1 Å². The third-order valence-electron chi connectivity index (χ3n) is 5.24. The number of likely N-dealkylation sites (tertiary alicyclic amines) is 1. The number of methoxy groups -OCH3 is 1. The lowest BCUT2D eigenvalue weighted by Gasteiger charge is -2.38. The summed E-state index contributed by atoms with van der Waals surface area (Å²) in [7, 11) is 1.40. The number of amides is 1. The molecule has 0 bridgehead atoms. The Bertz CT molecular complexity index is 578. The summed E-state index contributed by atoms with van der Waals surface area (Å²) in [5.74, 6) is 0.195. The monoisotopic (exact) mass is 344 g/mol. The van der Waals surface area contributed by atoms with Gasteiger partial charge in [-0.25, -0.2) is 0 Å². The van der Waals surface area contributed by atoms with Crippen molar-refractivity contribution in [3.63, 3.8) is 0 Å². The smallest absolute Gasteiger partial charge is 0.307 e. The number of hydrogen-bond donors (Lipinski definition) is 0. The second-order valence-corrected chi connectivity index (χ2v) is 7.12. The van der Waals surface area contributed by atoms with Crippen molar-refractivity contribution >= 4 is 11.9 Å². The van der Waals surface area contributed by atoms with E-state index in [-0.39, 0.29) is 23.8 Å². The quantitative estimate of drug-likeness (QED) is 0.713. The molecule has 136 valence electrons. The minimum atomic E-state index is -0.241. The van der Waals surface area contributed by atoms with Gasteiger partial charge in [-0.05, 0) is 31.2 Å². The van der Waals surface area contributed by atoms with E-state index in [4.69, 9.17) is 4.74 Å². The van der Waals surface area contributed by atoms with Crippen LogP contribution in [0.15, 0.2) is 30.3 Å². The van der Waals surface area contributed by atoms with Gasteiger partial charge < -0.3 is 9.64 Å². The Labute approximate surface area is 149 Å². The van der Waals surface area contributed by atoms with Crippen molar-refractivity contribution in [2.45, 2.75) is 44.7 Å². The molecule has 1 amide bonds. The highest BCUT2D eigenvalue weighted by Crippen LogP contribution is 2.33. The highest BCUT2D eigenvalue weighted by Gasteiger charge is 2.37. The molecule has 0 N–H and O–H groups in total. The molecule has 0 atom stereocenters. The number of esters is 1. The highest BCUT2D eigenvalue weighted by molar-refractivity contribution is 5.82. The summed E-state index contributed by atoms with van der Waals surface area (Å²) in [5.41, 5.74) is 1.33. The van der Waals surface area contributed by atoms with Gasteiger partial charge in [0.15, 0.2) is 0 Å². The first kappa shape index (κ1) is 17.9. The zero-order valence-corrected chi connectivity index (χ0v) is 15.0. The van der Waals surface area contributed by atoms with Gasteiger partial charge in [0.05, 0.1) is 13.5 Å². The van der Waals surface area contributed by atoms with Gasteiger partial charge in [0.2, 0.25) is 5.91 Å². The average Bonchev–Trinajstić information content (AvgIpc) is 3.49. The molecule has 5 nitrogen and oxygen atoms in total. The molecule has 1 aliphatic heterocycles. The number of carbonyl (C=O) groups is 2. The van der Waals surface area contributed by atoms with Crippen LogP contribution in [-0.2, 0) is 20.9 Å². The maximum absolute atomic E-state index is 12.6. The summed E-state index contributed by atoms with van der Waals surface area (Å²) >= 11 is 0. The molecule has 1 aliphatic carbocycles. The normalized spacial score (nSPS) is 18.8. The van der Waals surface area contributed by atoms with Gasteiger partial charge in [0.1, 0.15) is 0 Å². The predicted molar refractivity (Wildman–Crippen MR) is 95.8 cm³/mol. The third kappa shape index (κ3) is 5.05. The maximum Gasteiger partial charge on any atom is 0.307 e. The molecule has 1 saturated carbocycles. The van der Waals surface area contributed by atoms with Crippen molar-refractivity contribution in [3.05, 3.63) is 35.9 Å². The number of benzene rings is 1. The average molecular weight is 344 g/mol. The Morgan fingerprint density at radius 1 is 1.12 bits per heavy atom. The third-order valence-corrected chi connectivity index (χ3v) is 5.24. The molecule has 0 spiro atoms. The lowest BCUT2D eigenvalue weighted by Crippen LogP contribution is -2.48. The first-order valence-electron chi connectivity index (χ1n) is 9.31. The van der Waals surface area contributed by atoms with Crippen molar-refractivity contribution in [3.8, 4) is 0 Å². The molecule has 0 aromatic heterocycles. The Balaban J connectivity index is 1.53. The highest BCUT2D eigenvalue weighted by atomic mass is 16.5. The molecular formula is C20H28N2O3. The van der Waals surface area contributed by atoms with E-state index in [1.807, 2.05) is 11.0 Å². The summed E-state index contributed by atoms with van der Waals surface area (Å²) in [6.45, 7) is 3.44. The molecule has 5 heteroatoms. The first-order valence-corrected chi connectivity index (χ1v) is 9.31. The fourth-order valence-electron chi connectivity index (χ4n) is 3.58. The number of hydrogen-bond acceptors (Lipinski definition) is 4. The molecule has 1 aromatic carbocycles. The molecule has 1 saturated heterocycles. The van der Waals surface area contributed by atoms with Crippen LogP contribution in [0.3, 0.4) is 0 Å². The molecule has 1 heterocycles. The number of nitrogens with zero attached hydrogens (tertiary/aromatic N) is 2. The molecule has 0 radical (unpaired) electrons. The minimum absolute atomic E-state index is 0.194. The largest absolute Gasteiger partial charge is 0.469 e.